The first-order valence-corrected chi connectivity index (χ1v) is 7.29. The van der Waals surface area contributed by atoms with E-state index in [9.17, 15) is 9.59 Å². The van der Waals surface area contributed by atoms with E-state index in [1.165, 1.54) is 4.90 Å². The fourth-order valence-corrected chi connectivity index (χ4v) is 2.90. The molecule has 3 rings (SSSR count). The number of para-hydroxylation sites is 1. The predicted molar refractivity (Wildman–Crippen MR) is 84.5 cm³/mol. The van der Waals surface area contributed by atoms with E-state index in [4.69, 9.17) is 18.0 Å². The lowest BCUT2D eigenvalue weighted by atomic mass is 10.1. The van der Waals surface area contributed by atoms with Crippen LogP contribution in [-0.4, -0.2) is 34.4 Å². The maximum Gasteiger partial charge on any atom is 0.324 e. The number of fused-ring (bicyclic) bond motifs is 1. The summed E-state index contributed by atoms with van der Waals surface area (Å²) in [6.45, 7) is 0.247. The molecule has 22 heavy (non-hydrogen) atoms. The van der Waals surface area contributed by atoms with Crippen LogP contribution in [0.25, 0.3) is 10.9 Å². The number of halogens is 1. The van der Waals surface area contributed by atoms with Crippen molar-refractivity contribution in [2.45, 2.75) is 18.9 Å². The lowest BCUT2D eigenvalue weighted by molar-refractivity contribution is -0.127. The third-order valence-corrected chi connectivity index (χ3v) is 4.08. The summed E-state index contributed by atoms with van der Waals surface area (Å²) in [4.78, 5) is 28.4. The summed E-state index contributed by atoms with van der Waals surface area (Å²) in [5.74, 6) is 2.19. The van der Waals surface area contributed by atoms with Crippen molar-refractivity contribution in [2.75, 3.05) is 6.54 Å². The summed E-state index contributed by atoms with van der Waals surface area (Å²) in [5.41, 5.74) is 1.77. The molecular formula is C16H14ClN3O2. The van der Waals surface area contributed by atoms with Gasteiger partial charge < -0.3 is 10.3 Å². The van der Waals surface area contributed by atoms with E-state index >= 15 is 0 Å². The Morgan fingerprint density at radius 2 is 2.18 bits per heavy atom. The van der Waals surface area contributed by atoms with Crippen molar-refractivity contribution in [3.63, 3.8) is 0 Å². The molecule has 0 radical (unpaired) electrons. The van der Waals surface area contributed by atoms with Crippen molar-refractivity contribution in [2.24, 2.45) is 0 Å². The maximum absolute atomic E-state index is 12.3. The van der Waals surface area contributed by atoms with E-state index in [1.807, 2.05) is 18.3 Å². The van der Waals surface area contributed by atoms with Gasteiger partial charge in [-0.3, -0.25) is 9.69 Å². The Bertz CT molecular complexity index is 790. The van der Waals surface area contributed by atoms with Crippen LogP contribution in [0.5, 0.6) is 0 Å². The highest BCUT2D eigenvalue weighted by atomic mass is 35.5. The second kappa shape index (κ2) is 5.74. The van der Waals surface area contributed by atoms with E-state index in [0.29, 0.717) is 17.9 Å². The first-order chi connectivity index (χ1) is 10.6. The zero-order valence-electron chi connectivity index (χ0n) is 11.7. The van der Waals surface area contributed by atoms with E-state index < -0.39 is 6.04 Å². The van der Waals surface area contributed by atoms with Crippen molar-refractivity contribution in [1.29, 1.82) is 0 Å². The fourth-order valence-electron chi connectivity index (χ4n) is 2.67. The van der Waals surface area contributed by atoms with Crippen LogP contribution in [-0.2, 0) is 11.2 Å². The topological polar surface area (TPSA) is 65.2 Å². The van der Waals surface area contributed by atoms with Crippen molar-refractivity contribution in [3.8, 4) is 12.3 Å². The molecule has 1 unspecified atom stereocenters. The van der Waals surface area contributed by atoms with Gasteiger partial charge in [0.15, 0.2) is 0 Å². The zero-order chi connectivity index (χ0) is 15.7. The summed E-state index contributed by atoms with van der Waals surface area (Å²) >= 11 is 6.12. The summed E-state index contributed by atoms with van der Waals surface area (Å²) in [6, 6.07) is 4.64. The molecular weight excluding hydrogens is 302 g/mol. The average Bonchev–Trinajstić information content (AvgIpc) is 3.02. The highest BCUT2D eigenvalue weighted by Crippen LogP contribution is 2.26. The van der Waals surface area contributed by atoms with E-state index in [2.05, 4.69) is 16.2 Å². The quantitative estimate of drug-likeness (QED) is 0.671. The number of urea groups is 1. The van der Waals surface area contributed by atoms with Gasteiger partial charge in [-0.25, -0.2) is 4.79 Å². The molecule has 0 bridgehead atoms. The predicted octanol–water partition coefficient (Wildman–Crippen LogP) is 2.31. The van der Waals surface area contributed by atoms with Crippen LogP contribution < -0.4 is 5.32 Å². The molecule has 1 aromatic heterocycles. The zero-order valence-corrected chi connectivity index (χ0v) is 12.5. The van der Waals surface area contributed by atoms with Gasteiger partial charge in [0, 0.05) is 31.0 Å². The van der Waals surface area contributed by atoms with Crippen molar-refractivity contribution < 1.29 is 9.59 Å². The standard InChI is InChI=1S/C16H14ClN3O2/c1-2-3-7-20-15(21)13(19-16(20)22)8-10-9-18-14-11(10)5-4-6-12(14)17/h1,4-6,9,13,18H,3,7-8H2,(H,19,22). The van der Waals surface area contributed by atoms with Crippen LogP contribution in [0, 0.1) is 12.3 Å². The number of carbonyl (C=O) groups is 2. The molecule has 1 aliphatic rings. The third kappa shape index (κ3) is 2.42. The number of hydrogen-bond acceptors (Lipinski definition) is 2. The molecule has 3 amide bonds. The van der Waals surface area contributed by atoms with E-state index in [0.717, 1.165) is 16.5 Å². The van der Waals surface area contributed by atoms with Crippen LogP contribution in [0.4, 0.5) is 4.79 Å². The summed E-state index contributed by atoms with van der Waals surface area (Å²) < 4.78 is 0. The molecule has 2 N–H and O–H groups in total. The number of nitrogens with one attached hydrogen (secondary N) is 2. The minimum absolute atomic E-state index is 0.239. The van der Waals surface area contributed by atoms with Gasteiger partial charge in [-0.15, -0.1) is 12.3 Å². The number of aromatic amines is 1. The summed E-state index contributed by atoms with van der Waals surface area (Å²) in [5, 5.41) is 4.28. The molecule has 2 heterocycles. The Morgan fingerprint density at radius 1 is 1.36 bits per heavy atom. The SMILES string of the molecule is C#CCCN1C(=O)NC(Cc2c[nH]c3c(Cl)cccc23)C1=O. The number of terminal acetylenes is 1. The number of H-pyrrole nitrogens is 1. The third-order valence-electron chi connectivity index (χ3n) is 3.76. The Morgan fingerprint density at radius 3 is 2.95 bits per heavy atom. The van der Waals surface area contributed by atoms with Gasteiger partial charge in [0.25, 0.3) is 5.91 Å². The first-order valence-electron chi connectivity index (χ1n) is 6.91. The van der Waals surface area contributed by atoms with Crippen LogP contribution in [0.3, 0.4) is 0 Å². The highest BCUT2D eigenvalue weighted by molar-refractivity contribution is 6.35. The smallest absolute Gasteiger partial charge is 0.324 e. The van der Waals surface area contributed by atoms with Gasteiger partial charge in [0.05, 0.1) is 10.5 Å². The van der Waals surface area contributed by atoms with Crippen molar-refractivity contribution in [1.82, 2.24) is 15.2 Å². The number of hydrogen-bond donors (Lipinski definition) is 2. The molecule has 1 aliphatic heterocycles. The molecule has 1 saturated heterocycles. The van der Waals surface area contributed by atoms with Crippen LogP contribution >= 0.6 is 11.6 Å². The molecule has 2 aromatic rings. The van der Waals surface area contributed by atoms with E-state index in [-0.39, 0.29) is 18.5 Å². The van der Waals surface area contributed by atoms with Crippen LogP contribution in [0.2, 0.25) is 5.02 Å². The summed E-state index contributed by atoms with van der Waals surface area (Å²) in [7, 11) is 0. The van der Waals surface area contributed by atoms with Crippen LogP contribution in [0.15, 0.2) is 24.4 Å². The second-order valence-electron chi connectivity index (χ2n) is 5.13. The normalized spacial score (nSPS) is 17.8. The minimum atomic E-state index is -0.566. The number of nitrogens with zero attached hydrogens (tertiary/aromatic N) is 1. The first kappa shape index (κ1) is 14.5. The molecule has 6 heteroatoms. The molecule has 1 fully saturated rings. The Labute approximate surface area is 132 Å². The number of imide groups is 1. The molecule has 0 aliphatic carbocycles. The lowest BCUT2D eigenvalue weighted by Crippen LogP contribution is -2.33. The lowest BCUT2D eigenvalue weighted by Gasteiger charge is -2.10. The number of amides is 3. The Kier molecular flexibility index (Phi) is 3.78. The van der Waals surface area contributed by atoms with Gasteiger partial charge >= 0.3 is 6.03 Å². The van der Waals surface area contributed by atoms with Gasteiger partial charge in [-0.1, -0.05) is 23.7 Å². The van der Waals surface area contributed by atoms with Crippen LogP contribution in [0.1, 0.15) is 12.0 Å². The second-order valence-corrected chi connectivity index (χ2v) is 5.53. The highest BCUT2D eigenvalue weighted by Gasteiger charge is 2.37. The van der Waals surface area contributed by atoms with E-state index in [1.54, 1.807) is 6.07 Å². The van der Waals surface area contributed by atoms with Gasteiger partial charge in [0.1, 0.15) is 6.04 Å². The maximum atomic E-state index is 12.3. The average molecular weight is 316 g/mol. The Balaban J connectivity index is 1.81. The van der Waals surface area contributed by atoms with Gasteiger partial charge in [0.2, 0.25) is 0 Å². The number of rotatable bonds is 4. The Hall–Kier alpha value is -2.45. The van der Waals surface area contributed by atoms with Gasteiger partial charge in [-0.05, 0) is 11.6 Å². The molecule has 0 spiro atoms. The molecule has 112 valence electrons. The molecule has 0 saturated carbocycles. The molecule has 1 atom stereocenters. The van der Waals surface area contributed by atoms with Gasteiger partial charge in [-0.2, -0.15) is 0 Å². The monoisotopic (exact) mass is 315 g/mol. The largest absolute Gasteiger partial charge is 0.360 e. The van der Waals surface area contributed by atoms with Crippen molar-refractivity contribution >= 4 is 34.4 Å². The summed E-state index contributed by atoms with van der Waals surface area (Å²) in [6.07, 6.45) is 7.77. The molecule has 5 nitrogen and oxygen atoms in total. The fraction of sp³-hybridized carbons (Fsp3) is 0.250. The number of benzene rings is 1. The number of carbonyl (C=O) groups excluding carboxylic acids is 2. The molecule has 1 aromatic carbocycles. The number of aromatic nitrogens is 1. The minimum Gasteiger partial charge on any atom is -0.360 e. The van der Waals surface area contributed by atoms with Crippen molar-refractivity contribution in [3.05, 3.63) is 35.0 Å².